The molecule has 0 aliphatic rings. The molecule has 14 nitrogen and oxygen atoms in total. The van der Waals surface area contributed by atoms with E-state index in [2.05, 4.69) is 28.6 Å². The Labute approximate surface area is 183 Å². The molecule has 5 amide bonds. The van der Waals surface area contributed by atoms with E-state index in [0.717, 1.165) is 0 Å². The summed E-state index contributed by atoms with van der Waals surface area (Å²) in [6, 6.07) is -5.40. The Balaban J connectivity index is 4.97. The molecule has 0 aromatic rings. The van der Waals surface area contributed by atoms with E-state index in [1.165, 1.54) is 0 Å². The lowest BCUT2D eigenvalue weighted by Crippen LogP contribution is -2.58. The summed E-state index contributed by atoms with van der Waals surface area (Å²) >= 11 is 3.94. The van der Waals surface area contributed by atoms with Gasteiger partial charge in [0.1, 0.15) is 18.1 Å². The van der Waals surface area contributed by atoms with Crippen LogP contribution in [-0.2, 0) is 28.8 Å². The van der Waals surface area contributed by atoms with E-state index in [1.54, 1.807) is 0 Å². The molecule has 0 aliphatic heterocycles. The van der Waals surface area contributed by atoms with Crippen molar-refractivity contribution in [3.63, 3.8) is 0 Å². The van der Waals surface area contributed by atoms with Crippen LogP contribution in [0.25, 0.3) is 0 Å². The van der Waals surface area contributed by atoms with Gasteiger partial charge in [-0.15, -0.1) is 0 Å². The SMILES string of the molecule is NC(=O)CCC(N)C(=O)NC(CS)C(=O)NC(CO)C(=O)NC(CCC(N)=O)C(=O)O. The second kappa shape index (κ2) is 14.2. The third-order valence-electron chi connectivity index (χ3n) is 3.96. The van der Waals surface area contributed by atoms with Crippen molar-refractivity contribution in [3.05, 3.63) is 0 Å². The lowest BCUT2D eigenvalue weighted by atomic mass is 10.1. The quantitative estimate of drug-likeness (QED) is 0.105. The molecule has 0 radical (unpaired) electrons. The van der Waals surface area contributed by atoms with Crippen LogP contribution < -0.4 is 33.2 Å². The molecule has 4 unspecified atom stereocenters. The molecule has 176 valence electrons. The third-order valence-corrected chi connectivity index (χ3v) is 4.33. The number of rotatable bonds is 15. The van der Waals surface area contributed by atoms with E-state index in [0.29, 0.717) is 0 Å². The van der Waals surface area contributed by atoms with Gasteiger partial charge in [0.2, 0.25) is 29.5 Å². The number of nitrogens with one attached hydrogen (secondary N) is 3. The standard InChI is InChI=1S/C16H28N6O8S/c17-7(1-3-11(18)24)13(26)22-10(6-31)15(28)21-9(5-23)14(27)20-8(16(29)30)2-4-12(19)25/h7-10,23,31H,1-6,17H2,(H2,18,24)(H2,19,25)(H,20,27)(H,21,28)(H,22,26)(H,29,30). The fourth-order valence-electron chi connectivity index (χ4n) is 2.18. The van der Waals surface area contributed by atoms with Gasteiger partial charge in [-0.3, -0.25) is 24.0 Å². The smallest absolute Gasteiger partial charge is 0.326 e. The molecule has 0 spiro atoms. The summed E-state index contributed by atoms with van der Waals surface area (Å²) in [6.07, 6.45) is -0.788. The summed E-state index contributed by atoms with van der Waals surface area (Å²) in [6.45, 7) is -0.884. The van der Waals surface area contributed by atoms with Gasteiger partial charge in [-0.2, -0.15) is 12.6 Å². The molecule has 0 fully saturated rings. The van der Waals surface area contributed by atoms with Crippen molar-refractivity contribution in [2.75, 3.05) is 12.4 Å². The number of hydrogen-bond acceptors (Lipinski definition) is 9. The van der Waals surface area contributed by atoms with Crippen LogP contribution in [0.15, 0.2) is 0 Å². The van der Waals surface area contributed by atoms with E-state index in [4.69, 9.17) is 22.3 Å². The molecule has 0 bridgehead atoms. The van der Waals surface area contributed by atoms with E-state index < -0.39 is 66.3 Å². The minimum absolute atomic E-state index is 0.0500. The van der Waals surface area contributed by atoms with Gasteiger partial charge in [0, 0.05) is 18.6 Å². The second-order valence-electron chi connectivity index (χ2n) is 6.50. The van der Waals surface area contributed by atoms with Gasteiger partial charge in [-0.1, -0.05) is 0 Å². The number of thiol groups is 1. The van der Waals surface area contributed by atoms with Gasteiger partial charge in [-0.05, 0) is 12.8 Å². The first-order valence-corrected chi connectivity index (χ1v) is 9.73. The minimum atomic E-state index is -1.55. The largest absolute Gasteiger partial charge is 0.480 e. The molecular weight excluding hydrogens is 436 g/mol. The van der Waals surface area contributed by atoms with Gasteiger partial charge in [-0.25, -0.2) is 4.79 Å². The number of aliphatic hydroxyl groups is 1. The predicted molar refractivity (Wildman–Crippen MR) is 109 cm³/mol. The van der Waals surface area contributed by atoms with Crippen LogP contribution in [0.3, 0.4) is 0 Å². The van der Waals surface area contributed by atoms with Crippen LogP contribution in [0.2, 0.25) is 0 Å². The summed E-state index contributed by atoms with van der Waals surface area (Å²) in [4.78, 5) is 69.4. The molecule has 0 heterocycles. The normalized spacial score (nSPS) is 14.4. The van der Waals surface area contributed by atoms with Crippen molar-refractivity contribution in [1.29, 1.82) is 0 Å². The lowest BCUT2D eigenvalue weighted by molar-refractivity contribution is -0.143. The van der Waals surface area contributed by atoms with Crippen molar-refractivity contribution < 1.29 is 39.0 Å². The van der Waals surface area contributed by atoms with Crippen LogP contribution in [0.4, 0.5) is 0 Å². The molecular formula is C16H28N6O8S. The Morgan fingerprint density at radius 3 is 1.68 bits per heavy atom. The molecule has 15 heteroatoms. The average Bonchev–Trinajstić information content (AvgIpc) is 2.70. The van der Waals surface area contributed by atoms with Gasteiger partial charge >= 0.3 is 5.97 Å². The van der Waals surface area contributed by atoms with Crippen molar-refractivity contribution >= 4 is 48.1 Å². The number of carboxylic acid groups (broad SMARTS) is 1. The molecule has 0 aromatic heterocycles. The number of carbonyl (C=O) groups is 6. The number of carboxylic acids is 1. The Kier molecular flexibility index (Phi) is 12.8. The number of aliphatic carboxylic acids is 1. The summed E-state index contributed by atoms with van der Waals surface area (Å²) in [5, 5.41) is 25.0. The topological polar surface area (TPSA) is 257 Å². The maximum absolute atomic E-state index is 12.3. The van der Waals surface area contributed by atoms with E-state index in [9.17, 15) is 33.9 Å². The first-order valence-electron chi connectivity index (χ1n) is 9.10. The van der Waals surface area contributed by atoms with Crippen LogP contribution >= 0.6 is 12.6 Å². The number of amides is 5. The van der Waals surface area contributed by atoms with Crippen LogP contribution in [0, 0.1) is 0 Å². The highest BCUT2D eigenvalue weighted by Crippen LogP contribution is 2.00. The van der Waals surface area contributed by atoms with E-state index >= 15 is 0 Å². The minimum Gasteiger partial charge on any atom is -0.480 e. The molecule has 0 aromatic carbocycles. The van der Waals surface area contributed by atoms with Crippen LogP contribution in [-0.4, -0.2) is 82.2 Å². The van der Waals surface area contributed by atoms with Gasteiger partial charge in [0.25, 0.3) is 0 Å². The molecule has 31 heavy (non-hydrogen) atoms. The molecule has 0 saturated carbocycles. The summed E-state index contributed by atoms with van der Waals surface area (Å²) in [7, 11) is 0. The zero-order valence-electron chi connectivity index (χ0n) is 16.6. The summed E-state index contributed by atoms with van der Waals surface area (Å²) < 4.78 is 0. The van der Waals surface area contributed by atoms with Crippen molar-refractivity contribution in [2.45, 2.75) is 49.9 Å². The number of hydrogen-bond donors (Lipinski definition) is 9. The lowest BCUT2D eigenvalue weighted by Gasteiger charge is -2.23. The fourth-order valence-corrected chi connectivity index (χ4v) is 2.44. The number of carbonyl (C=O) groups excluding carboxylic acids is 5. The van der Waals surface area contributed by atoms with E-state index in [1.807, 2.05) is 0 Å². The highest BCUT2D eigenvalue weighted by molar-refractivity contribution is 7.80. The van der Waals surface area contributed by atoms with Gasteiger partial charge in [0.15, 0.2) is 0 Å². The van der Waals surface area contributed by atoms with Gasteiger partial charge in [0.05, 0.1) is 12.6 Å². The Bertz CT molecular complexity index is 691. The number of nitrogens with two attached hydrogens (primary N) is 3. The Morgan fingerprint density at radius 1 is 0.774 bits per heavy atom. The summed E-state index contributed by atoms with van der Waals surface area (Å²) in [5.74, 6) is -5.76. The van der Waals surface area contributed by atoms with Crippen LogP contribution in [0.1, 0.15) is 25.7 Å². The highest BCUT2D eigenvalue weighted by atomic mass is 32.1. The predicted octanol–water partition coefficient (Wildman–Crippen LogP) is -4.69. The number of primary amides is 2. The zero-order chi connectivity index (χ0) is 24.1. The van der Waals surface area contributed by atoms with Gasteiger partial charge < -0.3 is 43.4 Å². The Morgan fingerprint density at radius 2 is 1.23 bits per heavy atom. The summed E-state index contributed by atoms with van der Waals surface area (Å²) in [5.41, 5.74) is 15.5. The van der Waals surface area contributed by atoms with E-state index in [-0.39, 0.29) is 31.4 Å². The van der Waals surface area contributed by atoms with Crippen molar-refractivity contribution in [1.82, 2.24) is 16.0 Å². The van der Waals surface area contributed by atoms with Crippen molar-refractivity contribution in [3.8, 4) is 0 Å². The monoisotopic (exact) mass is 464 g/mol. The average molecular weight is 465 g/mol. The molecule has 0 aliphatic carbocycles. The second-order valence-corrected chi connectivity index (χ2v) is 6.87. The molecule has 4 atom stereocenters. The Hall–Kier alpha value is -2.91. The first kappa shape index (κ1) is 28.1. The molecule has 11 N–H and O–H groups in total. The fraction of sp³-hybridized carbons (Fsp3) is 0.625. The first-order chi connectivity index (χ1) is 14.4. The van der Waals surface area contributed by atoms with Crippen LogP contribution in [0.5, 0.6) is 0 Å². The molecule has 0 rings (SSSR count). The zero-order valence-corrected chi connectivity index (χ0v) is 17.5. The third kappa shape index (κ3) is 11.2. The van der Waals surface area contributed by atoms with Crippen molar-refractivity contribution in [2.24, 2.45) is 17.2 Å². The maximum Gasteiger partial charge on any atom is 0.326 e. The number of aliphatic hydroxyl groups excluding tert-OH is 1. The molecule has 0 saturated heterocycles. The maximum atomic E-state index is 12.3. The highest BCUT2D eigenvalue weighted by Gasteiger charge is 2.29.